The van der Waals surface area contributed by atoms with Crippen LogP contribution in [0.1, 0.15) is 22.8 Å². The van der Waals surface area contributed by atoms with Gasteiger partial charge in [-0.25, -0.2) is 0 Å². The summed E-state index contributed by atoms with van der Waals surface area (Å²) in [5.41, 5.74) is 1.88. The summed E-state index contributed by atoms with van der Waals surface area (Å²) < 4.78 is 5.18. The molecular formula is C14H14O2. The summed E-state index contributed by atoms with van der Waals surface area (Å²) in [6.07, 6.45) is 1.78. The Hall–Kier alpha value is -1.83. The van der Waals surface area contributed by atoms with Gasteiger partial charge in [0.15, 0.2) is 0 Å². The van der Waals surface area contributed by atoms with E-state index in [9.17, 15) is 4.79 Å². The van der Waals surface area contributed by atoms with Gasteiger partial charge < -0.3 is 4.74 Å². The maximum atomic E-state index is 10.9. The molecule has 2 nitrogen and oxygen atoms in total. The Morgan fingerprint density at radius 3 is 2.69 bits per heavy atom. The van der Waals surface area contributed by atoms with Gasteiger partial charge in [0.25, 0.3) is 0 Å². The molecule has 0 spiro atoms. The maximum absolute atomic E-state index is 10.9. The predicted octanol–water partition coefficient (Wildman–Crippen LogP) is 3.22. The fourth-order valence-electron chi connectivity index (χ4n) is 2.02. The first kappa shape index (κ1) is 10.7. The molecular weight excluding hydrogens is 200 g/mol. The van der Waals surface area contributed by atoms with E-state index in [0.717, 1.165) is 40.4 Å². The largest absolute Gasteiger partial charge is 0.497 e. The Kier molecular flexibility index (Phi) is 2.91. The molecule has 2 heteroatoms. The number of aryl methyl sites for hydroxylation is 1. The zero-order valence-electron chi connectivity index (χ0n) is 9.49. The van der Waals surface area contributed by atoms with Gasteiger partial charge in [0.1, 0.15) is 12.0 Å². The molecule has 0 atom stereocenters. The van der Waals surface area contributed by atoms with Crippen LogP contribution >= 0.6 is 0 Å². The second-order valence-electron chi connectivity index (χ2n) is 3.69. The van der Waals surface area contributed by atoms with Gasteiger partial charge in [-0.05, 0) is 34.9 Å². The monoisotopic (exact) mass is 214 g/mol. The number of benzene rings is 2. The van der Waals surface area contributed by atoms with Gasteiger partial charge in [-0.3, -0.25) is 4.79 Å². The van der Waals surface area contributed by atoms with Crippen molar-refractivity contribution in [3.8, 4) is 5.75 Å². The Bertz CT molecular complexity index is 529. The molecule has 0 fully saturated rings. The number of carbonyl (C=O) groups excluding carboxylic acids is 1. The van der Waals surface area contributed by atoms with Crippen molar-refractivity contribution >= 4 is 17.1 Å². The first-order valence-corrected chi connectivity index (χ1v) is 5.35. The fraction of sp³-hybridized carbons (Fsp3) is 0.214. The minimum absolute atomic E-state index is 0.778. The lowest BCUT2D eigenvalue weighted by atomic mass is 9.97. The van der Waals surface area contributed by atoms with Crippen molar-refractivity contribution in [2.24, 2.45) is 0 Å². The Morgan fingerprint density at radius 2 is 2.06 bits per heavy atom. The van der Waals surface area contributed by atoms with Crippen molar-refractivity contribution in [2.75, 3.05) is 7.11 Å². The van der Waals surface area contributed by atoms with Crippen molar-refractivity contribution in [1.82, 2.24) is 0 Å². The molecule has 16 heavy (non-hydrogen) atoms. The number of fused-ring (bicyclic) bond motifs is 1. The van der Waals surface area contributed by atoms with Crippen LogP contribution in [-0.2, 0) is 6.42 Å². The average Bonchev–Trinajstić information content (AvgIpc) is 2.36. The van der Waals surface area contributed by atoms with Crippen molar-refractivity contribution in [1.29, 1.82) is 0 Å². The highest BCUT2D eigenvalue weighted by atomic mass is 16.5. The standard InChI is InChI=1S/C14H14O2/c1-3-13-11(9-15)5-4-10-8-12(16-2)6-7-14(10)13/h4-9H,3H2,1-2H3. The van der Waals surface area contributed by atoms with Crippen LogP contribution in [0, 0.1) is 0 Å². The molecule has 0 aliphatic heterocycles. The van der Waals surface area contributed by atoms with Crippen molar-refractivity contribution in [3.05, 3.63) is 41.5 Å². The highest BCUT2D eigenvalue weighted by Gasteiger charge is 2.05. The van der Waals surface area contributed by atoms with Crippen molar-refractivity contribution in [3.63, 3.8) is 0 Å². The minimum Gasteiger partial charge on any atom is -0.497 e. The number of carbonyl (C=O) groups is 1. The molecule has 0 aromatic heterocycles. The summed E-state index contributed by atoms with van der Waals surface area (Å²) in [5, 5.41) is 2.25. The van der Waals surface area contributed by atoms with Crippen LogP contribution < -0.4 is 4.74 Å². The molecule has 0 radical (unpaired) electrons. The molecule has 0 unspecified atom stereocenters. The first-order chi connectivity index (χ1) is 7.80. The molecule has 0 bridgehead atoms. The van der Waals surface area contributed by atoms with E-state index in [1.165, 1.54) is 0 Å². The molecule has 0 saturated heterocycles. The van der Waals surface area contributed by atoms with Crippen LogP contribution in [0.3, 0.4) is 0 Å². The summed E-state index contributed by atoms with van der Waals surface area (Å²) in [4.78, 5) is 10.9. The Balaban J connectivity index is 2.73. The number of aldehydes is 1. The lowest BCUT2D eigenvalue weighted by Crippen LogP contribution is -1.93. The number of rotatable bonds is 3. The summed E-state index contributed by atoms with van der Waals surface area (Å²) in [6.45, 7) is 2.06. The van der Waals surface area contributed by atoms with E-state index in [-0.39, 0.29) is 0 Å². The normalized spacial score (nSPS) is 10.4. The van der Waals surface area contributed by atoms with Gasteiger partial charge in [0, 0.05) is 5.56 Å². The number of hydrogen-bond acceptors (Lipinski definition) is 2. The van der Waals surface area contributed by atoms with Gasteiger partial charge in [0.2, 0.25) is 0 Å². The predicted molar refractivity (Wildman–Crippen MR) is 65.3 cm³/mol. The van der Waals surface area contributed by atoms with Crippen molar-refractivity contribution < 1.29 is 9.53 Å². The van der Waals surface area contributed by atoms with Gasteiger partial charge in [-0.15, -0.1) is 0 Å². The molecule has 2 aromatic rings. The molecule has 0 saturated carbocycles. The van der Waals surface area contributed by atoms with Crippen LogP contribution in [0.25, 0.3) is 10.8 Å². The number of methoxy groups -OCH3 is 1. The van der Waals surface area contributed by atoms with Gasteiger partial charge >= 0.3 is 0 Å². The average molecular weight is 214 g/mol. The van der Waals surface area contributed by atoms with Gasteiger partial charge in [0.05, 0.1) is 7.11 Å². The zero-order chi connectivity index (χ0) is 11.5. The second kappa shape index (κ2) is 4.35. The number of ether oxygens (including phenoxy) is 1. The highest BCUT2D eigenvalue weighted by Crippen LogP contribution is 2.26. The maximum Gasteiger partial charge on any atom is 0.150 e. The van der Waals surface area contributed by atoms with E-state index in [4.69, 9.17) is 4.74 Å². The zero-order valence-corrected chi connectivity index (χ0v) is 9.49. The molecule has 82 valence electrons. The van der Waals surface area contributed by atoms with E-state index in [1.54, 1.807) is 7.11 Å². The Morgan fingerprint density at radius 1 is 1.25 bits per heavy atom. The summed E-state index contributed by atoms with van der Waals surface area (Å²) in [7, 11) is 1.65. The highest BCUT2D eigenvalue weighted by molar-refractivity contribution is 5.93. The molecule has 0 amide bonds. The summed E-state index contributed by atoms with van der Waals surface area (Å²) in [5.74, 6) is 0.841. The van der Waals surface area contributed by atoms with Crippen LogP contribution in [-0.4, -0.2) is 13.4 Å². The lowest BCUT2D eigenvalue weighted by Gasteiger charge is -2.08. The van der Waals surface area contributed by atoms with Crippen LogP contribution in [0.15, 0.2) is 30.3 Å². The third-order valence-corrected chi connectivity index (χ3v) is 2.86. The van der Waals surface area contributed by atoms with E-state index >= 15 is 0 Å². The molecule has 0 aliphatic rings. The Labute approximate surface area is 94.8 Å². The summed E-state index contributed by atoms with van der Waals surface area (Å²) in [6, 6.07) is 9.76. The molecule has 2 aromatic carbocycles. The molecule has 0 N–H and O–H groups in total. The lowest BCUT2D eigenvalue weighted by molar-refractivity contribution is 0.112. The second-order valence-corrected chi connectivity index (χ2v) is 3.69. The summed E-state index contributed by atoms with van der Waals surface area (Å²) >= 11 is 0. The molecule has 2 rings (SSSR count). The van der Waals surface area contributed by atoms with Crippen LogP contribution in [0.4, 0.5) is 0 Å². The van der Waals surface area contributed by atoms with E-state index < -0.39 is 0 Å². The SMILES string of the molecule is CCc1c(C=O)ccc2cc(OC)ccc12. The third-order valence-electron chi connectivity index (χ3n) is 2.86. The first-order valence-electron chi connectivity index (χ1n) is 5.35. The molecule has 0 heterocycles. The van der Waals surface area contributed by atoms with Crippen LogP contribution in [0.5, 0.6) is 5.75 Å². The third kappa shape index (κ3) is 1.67. The fourth-order valence-corrected chi connectivity index (χ4v) is 2.02. The van der Waals surface area contributed by atoms with Gasteiger partial charge in [-0.1, -0.05) is 25.1 Å². The quantitative estimate of drug-likeness (QED) is 0.733. The topological polar surface area (TPSA) is 26.3 Å². The van der Waals surface area contributed by atoms with E-state index in [0.29, 0.717) is 0 Å². The van der Waals surface area contributed by atoms with Gasteiger partial charge in [-0.2, -0.15) is 0 Å². The van der Waals surface area contributed by atoms with Crippen LogP contribution in [0.2, 0.25) is 0 Å². The smallest absolute Gasteiger partial charge is 0.150 e. The minimum atomic E-state index is 0.778. The van der Waals surface area contributed by atoms with E-state index in [1.807, 2.05) is 30.3 Å². The number of hydrogen-bond donors (Lipinski definition) is 0. The van der Waals surface area contributed by atoms with E-state index in [2.05, 4.69) is 6.92 Å². The van der Waals surface area contributed by atoms with Crippen molar-refractivity contribution in [2.45, 2.75) is 13.3 Å². The molecule has 0 aliphatic carbocycles.